The second-order valence-corrected chi connectivity index (χ2v) is 6.03. The van der Waals surface area contributed by atoms with E-state index in [1.54, 1.807) is 0 Å². The molecule has 0 radical (unpaired) electrons. The van der Waals surface area contributed by atoms with Gasteiger partial charge < -0.3 is 10.5 Å². The zero-order chi connectivity index (χ0) is 11.4. The summed E-state index contributed by atoms with van der Waals surface area (Å²) in [7, 11) is 0. The maximum Gasteiger partial charge on any atom is 0.0576 e. The summed E-state index contributed by atoms with van der Waals surface area (Å²) in [6, 6.07) is 0.386. The van der Waals surface area contributed by atoms with Crippen molar-refractivity contribution >= 4 is 0 Å². The van der Waals surface area contributed by atoms with E-state index < -0.39 is 0 Å². The summed E-state index contributed by atoms with van der Waals surface area (Å²) >= 11 is 0. The van der Waals surface area contributed by atoms with Gasteiger partial charge in [-0.25, -0.2) is 0 Å². The molecule has 2 atom stereocenters. The molecule has 0 amide bonds. The Hall–Kier alpha value is -0.0800. The van der Waals surface area contributed by atoms with E-state index in [-0.39, 0.29) is 0 Å². The Bertz CT molecular complexity index is 205. The van der Waals surface area contributed by atoms with E-state index in [1.165, 1.54) is 51.4 Å². The lowest BCUT2D eigenvalue weighted by atomic mass is 9.69. The Morgan fingerprint density at radius 3 is 2.62 bits per heavy atom. The molecule has 1 heterocycles. The van der Waals surface area contributed by atoms with Crippen molar-refractivity contribution in [1.82, 2.24) is 0 Å². The van der Waals surface area contributed by atoms with Crippen molar-refractivity contribution in [3.05, 3.63) is 0 Å². The lowest BCUT2D eigenvalue weighted by molar-refractivity contribution is 0.0889. The first kappa shape index (κ1) is 12.4. The van der Waals surface area contributed by atoms with Crippen LogP contribution in [0, 0.1) is 5.41 Å². The molecule has 2 fully saturated rings. The molecule has 0 aromatic carbocycles. The molecule has 2 unspecified atom stereocenters. The Morgan fingerprint density at radius 1 is 1.25 bits per heavy atom. The number of hydrogen-bond donors (Lipinski definition) is 1. The third-order valence-corrected chi connectivity index (χ3v) is 4.71. The average molecular weight is 225 g/mol. The smallest absolute Gasteiger partial charge is 0.0576 e. The van der Waals surface area contributed by atoms with Gasteiger partial charge >= 0.3 is 0 Å². The van der Waals surface area contributed by atoms with Crippen LogP contribution in [-0.2, 0) is 4.74 Å². The Balaban J connectivity index is 1.74. The molecule has 2 rings (SSSR count). The summed E-state index contributed by atoms with van der Waals surface area (Å²) in [4.78, 5) is 0. The highest BCUT2D eigenvalue weighted by Gasteiger charge is 2.33. The molecule has 2 heteroatoms. The van der Waals surface area contributed by atoms with Gasteiger partial charge in [0, 0.05) is 12.6 Å². The summed E-state index contributed by atoms with van der Waals surface area (Å²) in [6.45, 7) is 3.36. The molecular formula is C14H27NO. The second-order valence-electron chi connectivity index (χ2n) is 6.03. The van der Waals surface area contributed by atoms with Crippen molar-refractivity contribution in [2.24, 2.45) is 11.1 Å². The van der Waals surface area contributed by atoms with E-state index in [2.05, 4.69) is 6.92 Å². The third-order valence-electron chi connectivity index (χ3n) is 4.71. The van der Waals surface area contributed by atoms with Gasteiger partial charge in [-0.2, -0.15) is 0 Å². The zero-order valence-corrected chi connectivity index (χ0v) is 10.7. The molecule has 1 saturated heterocycles. The molecule has 0 aromatic heterocycles. The monoisotopic (exact) mass is 225 g/mol. The van der Waals surface area contributed by atoms with E-state index in [4.69, 9.17) is 10.5 Å². The first-order valence-electron chi connectivity index (χ1n) is 7.08. The van der Waals surface area contributed by atoms with Gasteiger partial charge in [-0.05, 0) is 43.9 Å². The molecule has 94 valence electrons. The predicted octanol–water partition coefficient (Wildman–Crippen LogP) is 3.24. The van der Waals surface area contributed by atoms with Crippen LogP contribution in [0.2, 0.25) is 0 Å². The van der Waals surface area contributed by atoms with Gasteiger partial charge in [-0.3, -0.25) is 0 Å². The average Bonchev–Trinajstić information content (AvgIpc) is 2.79. The second kappa shape index (κ2) is 5.50. The molecule has 0 spiro atoms. The molecule has 2 nitrogen and oxygen atoms in total. The van der Waals surface area contributed by atoms with Crippen molar-refractivity contribution in [3.63, 3.8) is 0 Å². The van der Waals surface area contributed by atoms with Gasteiger partial charge in [0.2, 0.25) is 0 Å². The summed E-state index contributed by atoms with van der Waals surface area (Å²) in [5.41, 5.74) is 6.82. The van der Waals surface area contributed by atoms with Gasteiger partial charge in [0.05, 0.1) is 6.10 Å². The fourth-order valence-electron chi connectivity index (χ4n) is 3.32. The molecule has 0 aromatic rings. The van der Waals surface area contributed by atoms with Crippen molar-refractivity contribution in [1.29, 1.82) is 0 Å². The third kappa shape index (κ3) is 2.98. The Morgan fingerprint density at radius 2 is 2.00 bits per heavy atom. The number of ether oxygens (including phenoxy) is 1. The molecule has 2 aliphatic rings. The van der Waals surface area contributed by atoms with E-state index in [9.17, 15) is 0 Å². The Labute approximate surface area is 99.9 Å². The van der Waals surface area contributed by atoms with Crippen LogP contribution in [-0.4, -0.2) is 18.8 Å². The summed E-state index contributed by atoms with van der Waals surface area (Å²) < 4.78 is 5.67. The van der Waals surface area contributed by atoms with Crippen LogP contribution in [0.1, 0.15) is 64.7 Å². The van der Waals surface area contributed by atoms with Gasteiger partial charge in [0.1, 0.15) is 0 Å². The molecule has 2 N–H and O–H groups in total. The van der Waals surface area contributed by atoms with Crippen LogP contribution in [0.4, 0.5) is 0 Å². The van der Waals surface area contributed by atoms with E-state index >= 15 is 0 Å². The molecule has 1 saturated carbocycles. The van der Waals surface area contributed by atoms with Crippen molar-refractivity contribution in [3.8, 4) is 0 Å². The highest BCUT2D eigenvalue weighted by Crippen LogP contribution is 2.39. The molecule has 0 bridgehead atoms. The van der Waals surface area contributed by atoms with Crippen molar-refractivity contribution < 1.29 is 4.74 Å². The fourth-order valence-corrected chi connectivity index (χ4v) is 3.32. The summed E-state index contributed by atoms with van der Waals surface area (Å²) in [6.07, 6.45) is 12.2. The summed E-state index contributed by atoms with van der Waals surface area (Å²) in [5.74, 6) is 0. The van der Waals surface area contributed by atoms with E-state index in [1.807, 2.05) is 0 Å². The van der Waals surface area contributed by atoms with Crippen LogP contribution in [0.15, 0.2) is 0 Å². The topological polar surface area (TPSA) is 35.2 Å². The molecule has 16 heavy (non-hydrogen) atoms. The zero-order valence-electron chi connectivity index (χ0n) is 10.7. The Kier molecular flexibility index (Phi) is 4.26. The van der Waals surface area contributed by atoms with Crippen molar-refractivity contribution in [2.45, 2.75) is 76.9 Å². The standard InChI is InChI=1S/C14H27NO/c1-14(9-3-2-4-10-14)13(15)8-7-12-6-5-11-16-12/h12-13H,2-11,15H2,1H3. The minimum Gasteiger partial charge on any atom is -0.378 e. The van der Waals surface area contributed by atoms with Crippen molar-refractivity contribution in [2.75, 3.05) is 6.61 Å². The maximum atomic E-state index is 6.41. The predicted molar refractivity (Wildman–Crippen MR) is 67.4 cm³/mol. The first-order chi connectivity index (χ1) is 7.71. The number of hydrogen-bond acceptors (Lipinski definition) is 2. The fraction of sp³-hybridized carbons (Fsp3) is 1.00. The highest BCUT2D eigenvalue weighted by molar-refractivity contribution is 4.88. The van der Waals surface area contributed by atoms with Gasteiger partial charge in [-0.1, -0.05) is 26.2 Å². The normalized spacial score (nSPS) is 31.5. The molecular weight excluding hydrogens is 198 g/mol. The van der Waals surface area contributed by atoms with Gasteiger partial charge in [-0.15, -0.1) is 0 Å². The maximum absolute atomic E-state index is 6.41. The largest absolute Gasteiger partial charge is 0.378 e. The van der Waals surface area contributed by atoms with Gasteiger partial charge in [0.25, 0.3) is 0 Å². The molecule has 1 aliphatic carbocycles. The minimum absolute atomic E-state index is 0.386. The van der Waals surface area contributed by atoms with Crippen LogP contribution in [0.3, 0.4) is 0 Å². The lowest BCUT2D eigenvalue weighted by Gasteiger charge is -2.39. The van der Waals surface area contributed by atoms with E-state index in [0.29, 0.717) is 17.6 Å². The lowest BCUT2D eigenvalue weighted by Crippen LogP contribution is -2.41. The summed E-state index contributed by atoms with van der Waals surface area (Å²) in [5, 5.41) is 0. The van der Waals surface area contributed by atoms with Gasteiger partial charge in [0.15, 0.2) is 0 Å². The van der Waals surface area contributed by atoms with E-state index in [0.717, 1.165) is 13.0 Å². The molecule has 1 aliphatic heterocycles. The van der Waals surface area contributed by atoms with Crippen LogP contribution < -0.4 is 5.73 Å². The quantitative estimate of drug-likeness (QED) is 0.797. The highest BCUT2D eigenvalue weighted by atomic mass is 16.5. The van der Waals surface area contributed by atoms with Crippen LogP contribution in [0.25, 0.3) is 0 Å². The SMILES string of the molecule is CC1(C(N)CCC2CCCO2)CCCCC1. The number of nitrogens with two attached hydrogens (primary N) is 1. The number of rotatable bonds is 4. The van der Waals surface area contributed by atoms with Crippen LogP contribution in [0.5, 0.6) is 0 Å². The minimum atomic E-state index is 0.386. The first-order valence-corrected chi connectivity index (χ1v) is 7.08. The van der Waals surface area contributed by atoms with Crippen LogP contribution >= 0.6 is 0 Å².